The average Bonchev–Trinajstić information content (AvgIpc) is 3.08. The van der Waals surface area contributed by atoms with E-state index in [9.17, 15) is 4.79 Å². The Morgan fingerprint density at radius 3 is 3.14 bits per heavy atom. The van der Waals surface area contributed by atoms with Crippen LogP contribution in [0.4, 0.5) is 0 Å². The van der Waals surface area contributed by atoms with Crippen molar-refractivity contribution in [1.29, 1.82) is 0 Å². The monoisotopic (exact) mass is 413 g/mol. The van der Waals surface area contributed by atoms with Crippen LogP contribution in [0, 0.1) is 5.92 Å². The fourth-order valence-corrected chi connectivity index (χ4v) is 5.79. The van der Waals surface area contributed by atoms with Crippen LogP contribution in [0.2, 0.25) is 0 Å². The Bertz CT molecular complexity index is 1000. The normalized spacial score (nSPS) is 16.0. The molecule has 0 unspecified atom stereocenters. The van der Waals surface area contributed by atoms with Gasteiger partial charge in [0, 0.05) is 16.8 Å². The van der Waals surface area contributed by atoms with Gasteiger partial charge in [-0.1, -0.05) is 30.8 Å². The van der Waals surface area contributed by atoms with Gasteiger partial charge in [0.05, 0.1) is 12.9 Å². The molecule has 7 heteroatoms. The standard InChI is InChI=1S/C21H23N3O2S2/c1-13-6-7-16-17(8-13)28-21-19(16)20(23-12-24-21)27-11-18(25)22-10-14-4-3-5-15(9-14)26-2/h3-5,9,12-13H,6-8,10-11H2,1-2H3,(H,22,25)/t13-/m1/s1. The Kier molecular flexibility index (Phi) is 5.82. The molecule has 2 heterocycles. The summed E-state index contributed by atoms with van der Waals surface area (Å²) in [5.74, 6) is 1.86. The first kappa shape index (κ1) is 19.2. The third kappa shape index (κ3) is 4.15. The highest BCUT2D eigenvalue weighted by atomic mass is 32.2. The Morgan fingerprint density at radius 2 is 2.29 bits per heavy atom. The third-order valence-corrected chi connectivity index (χ3v) is 7.17. The molecule has 2 aromatic heterocycles. The molecule has 1 aliphatic rings. The van der Waals surface area contributed by atoms with E-state index in [-0.39, 0.29) is 5.91 Å². The second-order valence-electron chi connectivity index (χ2n) is 7.13. The van der Waals surface area contributed by atoms with E-state index in [1.54, 1.807) is 24.8 Å². The molecule has 1 aliphatic carbocycles. The molecule has 1 N–H and O–H groups in total. The van der Waals surface area contributed by atoms with E-state index in [0.717, 1.165) is 39.9 Å². The van der Waals surface area contributed by atoms with Crippen LogP contribution < -0.4 is 10.1 Å². The van der Waals surface area contributed by atoms with Crippen molar-refractivity contribution < 1.29 is 9.53 Å². The number of fused-ring (bicyclic) bond motifs is 3. The molecular weight excluding hydrogens is 390 g/mol. The van der Waals surface area contributed by atoms with Crippen LogP contribution in [-0.4, -0.2) is 28.7 Å². The number of hydrogen-bond donors (Lipinski definition) is 1. The molecule has 1 amide bonds. The molecule has 5 nitrogen and oxygen atoms in total. The van der Waals surface area contributed by atoms with Crippen LogP contribution in [0.15, 0.2) is 35.6 Å². The largest absolute Gasteiger partial charge is 0.497 e. The maximum atomic E-state index is 12.3. The summed E-state index contributed by atoms with van der Waals surface area (Å²) in [6, 6.07) is 7.72. The smallest absolute Gasteiger partial charge is 0.230 e. The number of rotatable bonds is 6. The van der Waals surface area contributed by atoms with Crippen molar-refractivity contribution >= 4 is 39.2 Å². The SMILES string of the molecule is COc1cccc(CNC(=O)CSc2ncnc3sc4c(c23)CC[C@@H](C)C4)c1. The van der Waals surface area contributed by atoms with E-state index in [1.165, 1.54) is 34.0 Å². The first-order valence-electron chi connectivity index (χ1n) is 9.41. The van der Waals surface area contributed by atoms with Crippen molar-refractivity contribution in [3.8, 4) is 5.75 Å². The number of ether oxygens (including phenoxy) is 1. The number of methoxy groups -OCH3 is 1. The lowest BCUT2D eigenvalue weighted by molar-refractivity contribution is -0.118. The van der Waals surface area contributed by atoms with Crippen molar-refractivity contribution in [1.82, 2.24) is 15.3 Å². The molecule has 1 aromatic carbocycles. The van der Waals surface area contributed by atoms with Crippen molar-refractivity contribution in [2.24, 2.45) is 5.92 Å². The second-order valence-corrected chi connectivity index (χ2v) is 9.18. The number of thiophene rings is 1. The van der Waals surface area contributed by atoms with Crippen LogP contribution in [0.5, 0.6) is 5.75 Å². The fraction of sp³-hybridized carbons (Fsp3) is 0.381. The molecule has 0 fully saturated rings. The second kappa shape index (κ2) is 8.49. The Hall–Kier alpha value is -2.12. The summed E-state index contributed by atoms with van der Waals surface area (Å²) in [7, 11) is 1.64. The summed E-state index contributed by atoms with van der Waals surface area (Å²) in [4.78, 5) is 23.8. The van der Waals surface area contributed by atoms with Crippen molar-refractivity contribution in [3.05, 3.63) is 46.6 Å². The number of nitrogens with zero attached hydrogens (tertiary/aromatic N) is 2. The van der Waals surface area contributed by atoms with Gasteiger partial charge in [-0.3, -0.25) is 4.79 Å². The highest BCUT2D eigenvalue weighted by molar-refractivity contribution is 8.00. The topological polar surface area (TPSA) is 64.1 Å². The van der Waals surface area contributed by atoms with Crippen molar-refractivity contribution in [2.45, 2.75) is 37.8 Å². The van der Waals surface area contributed by atoms with E-state index in [2.05, 4.69) is 22.2 Å². The number of amides is 1. The summed E-state index contributed by atoms with van der Waals surface area (Å²) in [5, 5.41) is 5.07. The van der Waals surface area contributed by atoms with Crippen LogP contribution in [0.25, 0.3) is 10.2 Å². The number of aryl methyl sites for hydroxylation is 1. The van der Waals surface area contributed by atoms with Gasteiger partial charge in [-0.05, 0) is 48.4 Å². The summed E-state index contributed by atoms with van der Waals surface area (Å²) in [6.07, 6.45) is 5.03. The summed E-state index contributed by atoms with van der Waals surface area (Å²) < 4.78 is 5.22. The fourth-order valence-electron chi connectivity index (χ4n) is 3.52. The van der Waals surface area contributed by atoms with E-state index in [0.29, 0.717) is 12.3 Å². The van der Waals surface area contributed by atoms with E-state index in [1.807, 2.05) is 24.3 Å². The third-order valence-electron chi connectivity index (χ3n) is 5.02. The number of nitrogens with one attached hydrogen (secondary N) is 1. The van der Waals surface area contributed by atoms with Crippen molar-refractivity contribution in [2.75, 3.05) is 12.9 Å². The van der Waals surface area contributed by atoms with Crippen molar-refractivity contribution in [3.63, 3.8) is 0 Å². The van der Waals surface area contributed by atoms with E-state index >= 15 is 0 Å². The molecule has 4 rings (SSSR count). The predicted octanol–water partition coefficient (Wildman–Crippen LogP) is 4.23. The molecule has 3 aromatic rings. The van der Waals surface area contributed by atoms with Gasteiger partial charge >= 0.3 is 0 Å². The highest BCUT2D eigenvalue weighted by Gasteiger charge is 2.23. The van der Waals surface area contributed by atoms with Crippen LogP contribution in [0.3, 0.4) is 0 Å². The number of hydrogen-bond acceptors (Lipinski definition) is 6. The lowest BCUT2D eigenvalue weighted by Gasteiger charge is -2.18. The number of benzene rings is 1. The summed E-state index contributed by atoms with van der Waals surface area (Å²) in [5.41, 5.74) is 2.42. The van der Waals surface area contributed by atoms with E-state index < -0.39 is 0 Å². The van der Waals surface area contributed by atoms with Gasteiger partial charge in [-0.2, -0.15) is 0 Å². The predicted molar refractivity (Wildman–Crippen MR) is 114 cm³/mol. The minimum absolute atomic E-state index is 0.00250. The molecule has 1 atom stereocenters. The number of aromatic nitrogens is 2. The quantitative estimate of drug-likeness (QED) is 0.484. The highest BCUT2D eigenvalue weighted by Crippen LogP contribution is 2.40. The van der Waals surface area contributed by atoms with Crippen LogP contribution in [0.1, 0.15) is 29.3 Å². The first-order chi connectivity index (χ1) is 13.6. The molecular formula is C21H23N3O2S2. The van der Waals surface area contributed by atoms with Crippen LogP contribution in [-0.2, 0) is 24.2 Å². The Morgan fingerprint density at radius 1 is 1.39 bits per heavy atom. The maximum absolute atomic E-state index is 12.3. The molecule has 146 valence electrons. The molecule has 0 saturated heterocycles. The lowest BCUT2D eigenvalue weighted by atomic mass is 9.89. The zero-order valence-corrected chi connectivity index (χ0v) is 17.7. The molecule has 0 saturated carbocycles. The van der Waals surface area contributed by atoms with Gasteiger partial charge in [0.1, 0.15) is 21.9 Å². The molecule has 0 radical (unpaired) electrons. The number of thioether (sulfide) groups is 1. The minimum Gasteiger partial charge on any atom is -0.497 e. The Balaban J connectivity index is 1.42. The maximum Gasteiger partial charge on any atom is 0.230 e. The van der Waals surface area contributed by atoms with Gasteiger partial charge in [-0.25, -0.2) is 9.97 Å². The molecule has 0 bridgehead atoms. The molecule has 28 heavy (non-hydrogen) atoms. The van der Waals surface area contributed by atoms with Gasteiger partial charge in [0.2, 0.25) is 5.91 Å². The minimum atomic E-state index is -0.00250. The lowest BCUT2D eigenvalue weighted by Crippen LogP contribution is -2.24. The van der Waals surface area contributed by atoms with E-state index in [4.69, 9.17) is 4.74 Å². The van der Waals surface area contributed by atoms with Gasteiger partial charge < -0.3 is 10.1 Å². The molecule has 0 spiro atoms. The van der Waals surface area contributed by atoms with Crippen LogP contribution >= 0.6 is 23.1 Å². The Labute approximate surface area is 172 Å². The summed E-state index contributed by atoms with van der Waals surface area (Å²) in [6.45, 7) is 2.79. The zero-order valence-electron chi connectivity index (χ0n) is 16.0. The zero-order chi connectivity index (χ0) is 19.5. The summed E-state index contributed by atoms with van der Waals surface area (Å²) >= 11 is 3.28. The van der Waals surface area contributed by atoms with Gasteiger partial charge in [0.25, 0.3) is 0 Å². The van der Waals surface area contributed by atoms with Gasteiger partial charge in [0.15, 0.2) is 0 Å². The number of carbonyl (C=O) groups excluding carboxylic acids is 1. The molecule has 0 aliphatic heterocycles. The average molecular weight is 414 g/mol. The number of carbonyl (C=O) groups is 1. The van der Waals surface area contributed by atoms with Gasteiger partial charge in [-0.15, -0.1) is 11.3 Å². The first-order valence-corrected chi connectivity index (χ1v) is 11.2.